The van der Waals surface area contributed by atoms with Crippen LogP contribution in [0.15, 0.2) is 24.3 Å². The minimum absolute atomic E-state index is 0.731. The lowest BCUT2D eigenvalue weighted by atomic mass is 10.0. The van der Waals surface area contributed by atoms with Crippen molar-refractivity contribution in [3.8, 4) is 11.1 Å². The van der Waals surface area contributed by atoms with Crippen LogP contribution in [0.4, 0.5) is 11.8 Å². The van der Waals surface area contributed by atoms with Crippen molar-refractivity contribution >= 4 is 39.8 Å². The summed E-state index contributed by atoms with van der Waals surface area (Å²) < 4.78 is 0. The van der Waals surface area contributed by atoms with Gasteiger partial charge in [0.05, 0.1) is 5.69 Å². The van der Waals surface area contributed by atoms with Crippen molar-refractivity contribution in [2.75, 3.05) is 9.96 Å². The molecule has 2 N–H and O–H groups in total. The Balaban J connectivity index is 2.64. The summed E-state index contributed by atoms with van der Waals surface area (Å²) in [5, 5.41) is 0.736. The minimum atomic E-state index is -1.57. The fourth-order valence-corrected chi connectivity index (χ4v) is 4.32. The normalized spacial score (nSPS) is 12.2. The van der Waals surface area contributed by atoms with Crippen molar-refractivity contribution in [2.45, 2.75) is 52.6 Å². The van der Waals surface area contributed by atoms with Crippen molar-refractivity contribution in [3.63, 3.8) is 0 Å². The lowest BCUT2D eigenvalue weighted by Crippen LogP contribution is -2.35. The van der Waals surface area contributed by atoms with E-state index in [-0.39, 0.29) is 0 Å². The van der Waals surface area contributed by atoms with Crippen molar-refractivity contribution in [1.29, 1.82) is 0 Å². The average molecular weight is 393 g/mol. The third-order valence-electron chi connectivity index (χ3n) is 3.43. The highest BCUT2D eigenvalue weighted by atomic mass is 35.5. The Kier molecular flexibility index (Phi) is 5.96. The largest absolute Gasteiger partial charge is 0.395 e. The van der Waals surface area contributed by atoms with E-state index in [0.29, 0.717) is 0 Å². The van der Waals surface area contributed by atoms with Crippen molar-refractivity contribution in [2.24, 2.45) is 0 Å². The summed E-state index contributed by atoms with van der Waals surface area (Å²) in [6.07, 6.45) is 0.848. The molecule has 7 heteroatoms. The number of aryl methyl sites for hydroxylation is 1. The Morgan fingerprint density at radius 3 is 1.92 bits per heavy atom. The maximum Gasteiger partial charge on any atom is 0.216 e. The summed E-state index contributed by atoms with van der Waals surface area (Å²) in [4.78, 5) is 16.9. The predicted molar refractivity (Wildman–Crippen MR) is 116 cm³/mol. The second kappa shape index (κ2) is 7.47. The number of nitrogens with one attached hydrogen (secondary N) is 2. The van der Waals surface area contributed by atoms with E-state index in [0.717, 1.165) is 40.0 Å². The molecule has 25 heavy (non-hydrogen) atoms. The molecule has 0 radical (unpaired) electrons. The lowest BCUT2D eigenvalue weighted by Gasteiger charge is -2.25. The monoisotopic (exact) mass is 392 g/mol. The van der Waals surface area contributed by atoms with Gasteiger partial charge in [-0.15, -0.1) is 0 Å². The van der Waals surface area contributed by atoms with Crippen molar-refractivity contribution < 1.29 is 0 Å². The first kappa shape index (κ1) is 19.9. The summed E-state index contributed by atoms with van der Waals surface area (Å²) in [5.74, 6) is 1.66. The third kappa shape index (κ3) is 5.83. The van der Waals surface area contributed by atoms with Crippen LogP contribution in [0.1, 0.15) is 12.6 Å². The molecule has 0 aliphatic heterocycles. The van der Waals surface area contributed by atoms with E-state index in [4.69, 9.17) is 21.6 Å². The summed E-state index contributed by atoms with van der Waals surface area (Å²) in [6.45, 7) is 15.7. The number of halogens is 1. The maximum atomic E-state index is 6.07. The van der Waals surface area contributed by atoms with Crippen LogP contribution in [0.2, 0.25) is 44.3 Å². The molecule has 0 spiro atoms. The molecule has 0 aliphatic carbocycles. The van der Waals surface area contributed by atoms with E-state index >= 15 is 0 Å². The number of aromatic nitrogens is 2. The van der Waals surface area contributed by atoms with Crippen LogP contribution in [0.25, 0.3) is 11.1 Å². The van der Waals surface area contributed by atoms with Gasteiger partial charge in [-0.3, -0.25) is 0 Å². The number of rotatable bonds is 6. The molecule has 2 rings (SSSR count). The summed E-state index contributed by atoms with van der Waals surface area (Å²) >= 11 is 6.07. The smallest absolute Gasteiger partial charge is 0.216 e. The zero-order valence-corrected chi connectivity index (χ0v) is 19.0. The molecule has 0 bridgehead atoms. The standard InChI is InChI=1S/C18H29ClN4Si2/c1-8-15-16(13-9-11-14(19)12-10-13)17(22-24(2,3)4)21-18(20-15)23-25(5,6)7/h9-12H,8H2,1-7H3,(H2,20,21,22,23). The molecule has 0 fully saturated rings. The highest BCUT2D eigenvalue weighted by molar-refractivity contribution is 6.79. The Labute approximate surface area is 158 Å². The van der Waals surface area contributed by atoms with E-state index in [1.165, 1.54) is 0 Å². The molecule has 0 atom stereocenters. The van der Waals surface area contributed by atoms with Crippen LogP contribution in [0, 0.1) is 0 Å². The maximum absolute atomic E-state index is 6.07. The van der Waals surface area contributed by atoms with E-state index in [1.807, 2.05) is 24.3 Å². The van der Waals surface area contributed by atoms with Crippen LogP contribution < -0.4 is 9.96 Å². The van der Waals surface area contributed by atoms with E-state index in [1.54, 1.807) is 0 Å². The molecule has 4 nitrogen and oxygen atoms in total. The number of hydrogen-bond acceptors (Lipinski definition) is 4. The van der Waals surface area contributed by atoms with Gasteiger partial charge in [-0.1, -0.05) is 69.9 Å². The molecular weight excluding hydrogens is 364 g/mol. The van der Waals surface area contributed by atoms with Crippen molar-refractivity contribution in [1.82, 2.24) is 9.97 Å². The number of hydrogen-bond donors (Lipinski definition) is 2. The highest BCUT2D eigenvalue weighted by Gasteiger charge is 2.23. The average Bonchev–Trinajstić information content (AvgIpc) is 2.44. The van der Waals surface area contributed by atoms with E-state index in [9.17, 15) is 0 Å². The summed E-state index contributed by atoms with van der Waals surface area (Å²) in [5.41, 5.74) is 3.24. The van der Waals surface area contributed by atoms with Gasteiger partial charge in [0.15, 0.2) is 0 Å². The van der Waals surface area contributed by atoms with Gasteiger partial charge in [0, 0.05) is 10.6 Å². The molecule has 0 saturated heterocycles. The Bertz CT molecular complexity index is 734. The first-order chi connectivity index (χ1) is 11.5. The van der Waals surface area contributed by atoms with Crippen LogP contribution in [0.3, 0.4) is 0 Å². The second-order valence-corrected chi connectivity index (χ2v) is 18.3. The van der Waals surface area contributed by atoms with Gasteiger partial charge >= 0.3 is 0 Å². The topological polar surface area (TPSA) is 49.8 Å². The molecular formula is C18H29ClN4Si2. The molecule has 1 aromatic carbocycles. The second-order valence-electron chi connectivity index (χ2n) is 8.33. The number of nitrogens with zero attached hydrogens (tertiary/aromatic N) is 2. The predicted octanol–water partition coefficient (Wildman–Crippen LogP) is 5.85. The van der Waals surface area contributed by atoms with Gasteiger partial charge in [-0.25, -0.2) is 4.98 Å². The molecule has 0 amide bonds. The van der Waals surface area contributed by atoms with Gasteiger partial charge in [-0.05, 0) is 24.1 Å². The zero-order valence-electron chi connectivity index (χ0n) is 16.3. The highest BCUT2D eigenvalue weighted by Crippen LogP contribution is 2.33. The SMILES string of the molecule is CCc1nc(N[Si](C)(C)C)nc(N[Si](C)(C)C)c1-c1ccc(Cl)cc1. The Morgan fingerprint density at radius 2 is 1.44 bits per heavy atom. The molecule has 1 aromatic heterocycles. The lowest BCUT2D eigenvalue weighted by molar-refractivity contribution is 1.01. The van der Waals surface area contributed by atoms with Crippen LogP contribution in [-0.2, 0) is 6.42 Å². The van der Waals surface area contributed by atoms with Crippen LogP contribution in [-0.4, -0.2) is 26.4 Å². The Hall–Kier alpha value is -1.38. The fourth-order valence-electron chi connectivity index (χ4n) is 2.52. The van der Waals surface area contributed by atoms with Gasteiger partial charge in [-0.2, -0.15) is 4.98 Å². The van der Waals surface area contributed by atoms with Gasteiger partial charge in [0.1, 0.15) is 22.3 Å². The quantitative estimate of drug-likeness (QED) is 0.605. The summed E-state index contributed by atoms with van der Waals surface area (Å²) in [7, 11) is -3.10. The minimum Gasteiger partial charge on any atom is -0.395 e. The molecule has 1 heterocycles. The van der Waals surface area contributed by atoms with Crippen LogP contribution in [0.5, 0.6) is 0 Å². The zero-order chi connectivity index (χ0) is 18.8. The van der Waals surface area contributed by atoms with E-state index < -0.39 is 16.5 Å². The first-order valence-corrected chi connectivity index (χ1v) is 16.1. The van der Waals surface area contributed by atoms with Gasteiger partial charge in [0.2, 0.25) is 5.95 Å². The molecule has 0 aliphatic rings. The molecule has 2 aromatic rings. The summed E-state index contributed by atoms with van der Waals surface area (Å²) in [6, 6.07) is 7.92. The van der Waals surface area contributed by atoms with E-state index in [2.05, 4.69) is 56.2 Å². The van der Waals surface area contributed by atoms with Gasteiger partial charge in [0.25, 0.3) is 0 Å². The first-order valence-electron chi connectivity index (χ1n) is 8.72. The third-order valence-corrected chi connectivity index (χ3v) is 5.64. The molecule has 0 unspecified atom stereocenters. The van der Waals surface area contributed by atoms with Gasteiger partial charge < -0.3 is 9.96 Å². The Morgan fingerprint density at radius 1 is 0.880 bits per heavy atom. The molecule has 0 saturated carbocycles. The molecule has 136 valence electrons. The fraction of sp³-hybridized carbons (Fsp3) is 0.444. The number of benzene rings is 1. The van der Waals surface area contributed by atoms with Crippen LogP contribution >= 0.6 is 11.6 Å². The number of anilines is 2. The van der Waals surface area contributed by atoms with Crippen molar-refractivity contribution in [3.05, 3.63) is 35.0 Å².